The summed E-state index contributed by atoms with van der Waals surface area (Å²) in [5, 5.41) is 8.66. The van der Waals surface area contributed by atoms with Crippen LogP contribution in [0.2, 0.25) is 0 Å². The Balaban J connectivity index is 1.93. The van der Waals surface area contributed by atoms with Gasteiger partial charge < -0.3 is 10.6 Å². The highest BCUT2D eigenvalue weighted by molar-refractivity contribution is 5.08. The molecule has 0 bridgehead atoms. The number of likely N-dealkylation sites (tertiary alicyclic amines) is 1. The van der Waals surface area contributed by atoms with E-state index in [4.69, 9.17) is 5.73 Å². The molecule has 0 aromatic carbocycles. The summed E-state index contributed by atoms with van der Waals surface area (Å²) in [4.78, 5) is 2.35. The predicted molar refractivity (Wildman–Crippen MR) is 61.0 cm³/mol. The average Bonchev–Trinajstić information content (AvgIpc) is 2.84. The molecule has 0 spiro atoms. The van der Waals surface area contributed by atoms with Gasteiger partial charge in [0.2, 0.25) is 0 Å². The van der Waals surface area contributed by atoms with Gasteiger partial charge in [0, 0.05) is 18.9 Å². The minimum absolute atomic E-state index is 0.0969. The van der Waals surface area contributed by atoms with E-state index in [9.17, 15) is 0 Å². The molecule has 2 aliphatic rings. The molecule has 0 radical (unpaired) electrons. The Hall–Kier alpha value is -0.940. The molecule has 0 amide bonds. The van der Waals surface area contributed by atoms with Crippen LogP contribution in [0.15, 0.2) is 0 Å². The second-order valence-corrected chi connectivity index (χ2v) is 5.05. The van der Waals surface area contributed by atoms with Gasteiger partial charge in [-0.25, -0.2) is 0 Å². The van der Waals surface area contributed by atoms with Crippen molar-refractivity contribution in [3.63, 3.8) is 0 Å². The number of hydrogen-bond donors (Lipinski definition) is 1. The molecule has 1 aromatic rings. The highest BCUT2D eigenvalue weighted by atomic mass is 15.3. The molecule has 1 fully saturated rings. The van der Waals surface area contributed by atoms with E-state index in [-0.39, 0.29) is 6.17 Å². The van der Waals surface area contributed by atoms with Crippen molar-refractivity contribution in [1.82, 2.24) is 19.7 Å². The summed E-state index contributed by atoms with van der Waals surface area (Å²) in [6.07, 6.45) is 4.51. The van der Waals surface area contributed by atoms with Gasteiger partial charge in [-0.3, -0.25) is 4.57 Å². The van der Waals surface area contributed by atoms with E-state index in [1.54, 1.807) is 0 Å². The van der Waals surface area contributed by atoms with Crippen LogP contribution in [-0.2, 0) is 6.42 Å². The Bertz CT molecular complexity index is 386. The van der Waals surface area contributed by atoms with Crippen LogP contribution in [0.25, 0.3) is 0 Å². The fraction of sp³-hybridized carbons (Fsp3) is 0.818. The number of aryl methyl sites for hydroxylation is 1. The smallest absolute Gasteiger partial charge is 0.138 e. The second-order valence-electron chi connectivity index (χ2n) is 5.05. The van der Waals surface area contributed by atoms with Gasteiger partial charge in [0.15, 0.2) is 0 Å². The molecule has 3 heterocycles. The van der Waals surface area contributed by atoms with Crippen LogP contribution in [0.5, 0.6) is 0 Å². The highest BCUT2D eigenvalue weighted by Crippen LogP contribution is 2.29. The first-order valence-electron chi connectivity index (χ1n) is 6.13. The number of rotatable bonds is 1. The monoisotopic (exact) mass is 221 g/mol. The Morgan fingerprint density at radius 3 is 2.94 bits per heavy atom. The van der Waals surface area contributed by atoms with E-state index < -0.39 is 0 Å². The maximum atomic E-state index is 6.16. The Morgan fingerprint density at radius 2 is 2.19 bits per heavy atom. The zero-order valence-electron chi connectivity index (χ0n) is 9.76. The van der Waals surface area contributed by atoms with E-state index in [1.807, 2.05) is 0 Å². The molecule has 16 heavy (non-hydrogen) atoms. The van der Waals surface area contributed by atoms with Crippen LogP contribution < -0.4 is 5.73 Å². The van der Waals surface area contributed by atoms with Gasteiger partial charge in [-0.1, -0.05) is 0 Å². The molecule has 2 aliphatic heterocycles. The summed E-state index contributed by atoms with van der Waals surface area (Å²) in [5.74, 6) is 2.73. The fourth-order valence-corrected chi connectivity index (χ4v) is 2.89. The van der Waals surface area contributed by atoms with E-state index in [0.717, 1.165) is 44.0 Å². The zero-order valence-corrected chi connectivity index (χ0v) is 9.76. The first-order valence-corrected chi connectivity index (χ1v) is 6.13. The maximum Gasteiger partial charge on any atom is 0.138 e. The summed E-state index contributed by atoms with van der Waals surface area (Å²) in [7, 11) is 2.16. The standard InChI is InChI=1S/C11H19N5/c1-15-6-5-8(7-15)11-14-13-10-4-2-3-9(12)16(10)11/h8-9H,2-7,12H2,1H3. The van der Waals surface area contributed by atoms with E-state index in [0.29, 0.717) is 5.92 Å². The van der Waals surface area contributed by atoms with Crippen molar-refractivity contribution in [3.8, 4) is 0 Å². The molecule has 0 aliphatic carbocycles. The van der Waals surface area contributed by atoms with Gasteiger partial charge in [-0.15, -0.1) is 10.2 Å². The first-order chi connectivity index (χ1) is 7.75. The molecule has 1 saturated heterocycles. The Labute approximate surface area is 95.6 Å². The second kappa shape index (κ2) is 3.82. The molecule has 5 nitrogen and oxygen atoms in total. The van der Waals surface area contributed by atoms with Gasteiger partial charge >= 0.3 is 0 Å². The van der Waals surface area contributed by atoms with Crippen molar-refractivity contribution in [2.45, 2.75) is 37.8 Å². The third-order valence-corrected chi connectivity index (χ3v) is 3.78. The molecule has 2 unspecified atom stereocenters. The van der Waals surface area contributed by atoms with Crippen molar-refractivity contribution in [1.29, 1.82) is 0 Å². The van der Waals surface area contributed by atoms with Crippen molar-refractivity contribution < 1.29 is 0 Å². The molecule has 3 rings (SSSR count). The van der Waals surface area contributed by atoms with Crippen molar-refractivity contribution >= 4 is 0 Å². The highest BCUT2D eigenvalue weighted by Gasteiger charge is 2.30. The minimum atomic E-state index is 0.0969. The van der Waals surface area contributed by atoms with Crippen LogP contribution in [0, 0.1) is 0 Å². The largest absolute Gasteiger partial charge is 0.311 e. The summed E-state index contributed by atoms with van der Waals surface area (Å²) in [6, 6.07) is 0. The summed E-state index contributed by atoms with van der Waals surface area (Å²) in [6.45, 7) is 2.24. The van der Waals surface area contributed by atoms with Crippen molar-refractivity contribution in [3.05, 3.63) is 11.6 Å². The van der Waals surface area contributed by atoms with Crippen molar-refractivity contribution in [2.75, 3.05) is 20.1 Å². The Morgan fingerprint density at radius 1 is 1.31 bits per heavy atom. The van der Waals surface area contributed by atoms with Crippen LogP contribution in [0.4, 0.5) is 0 Å². The third kappa shape index (κ3) is 1.55. The van der Waals surface area contributed by atoms with Crippen molar-refractivity contribution in [2.24, 2.45) is 5.73 Å². The van der Waals surface area contributed by atoms with Crippen LogP contribution >= 0.6 is 0 Å². The lowest BCUT2D eigenvalue weighted by Crippen LogP contribution is -2.28. The lowest BCUT2D eigenvalue weighted by molar-refractivity contribution is 0.378. The number of nitrogens with two attached hydrogens (primary N) is 1. The van der Waals surface area contributed by atoms with Gasteiger partial charge in [-0.2, -0.15) is 0 Å². The molecule has 0 saturated carbocycles. The predicted octanol–water partition coefficient (Wildman–Crippen LogP) is 0.491. The molecule has 2 N–H and O–H groups in total. The summed E-state index contributed by atoms with van der Waals surface area (Å²) >= 11 is 0. The summed E-state index contributed by atoms with van der Waals surface area (Å²) < 4.78 is 2.19. The van der Waals surface area contributed by atoms with E-state index >= 15 is 0 Å². The van der Waals surface area contributed by atoms with Crippen LogP contribution in [-0.4, -0.2) is 39.8 Å². The zero-order chi connectivity index (χ0) is 11.1. The number of hydrogen-bond acceptors (Lipinski definition) is 4. The molecule has 1 aromatic heterocycles. The normalized spacial score (nSPS) is 30.6. The van der Waals surface area contributed by atoms with Gasteiger partial charge in [0.1, 0.15) is 11.6 Å². The van der Waals surface area contributed by atoms with Gasteiger partial charge in [0.05, 0.1) is 6.17 Å². The number of nitrogens with zero attached hydrogens (tertiary/aromatic N) is 4. The van der Waals surface area contributed by atoms with Gasteiger partial charge in [-0.05, 0) is 32.9 Å². The van der Waals surface area contributed by atoms with Gasteiger partial charge in [0.25, 0.3) is 0 Å². The number of aromatic nitrogens is 3. The molecule has 2 atom stereocenters. The minimum Gasteiger partial charge on any atom is -0.311 e. The third-order valence-electron chi connectivity index (χ3n) is 3.78. The molecule has 5 heteroatoms. The van der Waals surface area contributed by atoms with E-state index in [1.165, 1.54) is 6.42 Å². The SMILES string of the molecule is CN1CCC(c2nnc3n2C(N)CCC3)C1. The topological polar surface area (TPSA) is 60.0 Å². The van der Waals surface area contributed by atoms with Crippen LogP contribution in [0.3, 0.4) is 0 Å². The Kier molecular flexibility index (Phi) is 2.44. The fourth-order valence-electron chi connectivity index (χ4n) is 2.89. The molecular formula is C11H19N5. The summed E-state index contributed by atoms with van der Waals surface area (Å²) in [5.41, 5.74) is 6.16. The lowest BCUT2D eigenvalue weighted by Gasteiger charge is -2.24. The van der Waals surface area contributed by atoms with Crippen LogP contribution in [0.1, 0.15) is 43.0 Å². The quantitative estimate of drug-likeness (QED) is 0.750. The number of fused-ring (bicyclic) bond motifs is 1. The average molecular weight is 221 g/mol. The lowest BCUT2D eigenvalue weighted by atomic mass is 10.1. The van der Waals surface area contributed by atoms with E-state index in [2.05, 4.69) is 26.7 Å². The first kappa shape index (κ1) is 10.2. The molecule has 88 valence electrons. The maximum absolute atomic E-state index is 6.16. The number of likely N-dealkylation sites (N-methyl/N-ethyl adjacent to an activating group) is 1. The molecular weight excluding hydrogens is 202 g/mol.